The summed E-state index contributed by atoms with van der Waals surface area (Å²) in [7, 11) is 2.05. The third-order valence-corrected chi connectivity index (χ3v) is 2.70. The minimum Gasteiger partial charge on any atom is -0.492 e. The van der Waals surface area contributed by atoms with Crippen molar-refractivity contribution in [1.82, 2.24) is 4.90 Å². The van der Waals surface area contributed by atoms with E-state index in [0.29, 0.717) is 13.2 Å². The highest BCUT2D eigenvalue weighted by atomic mass is 16.5. The molecule has 0 amide bonds. The van der Waals surface area contributed by atoms with E-state index in [0.717, 1.165) is 30.8 Å². The largest absolute Gasteiger partial charge is 0.492 e. The molecule has 0 heterocycles. The topological polar surface area (TPSA) is 55.6 Å². The maximum Gasteiger partial charge on any atom is 0.202 e. The molecule has 0 atom stereocenters. The molecule has 0 bridgehead atoms. The highest BCUT2D eigenvalue weighted by molar-refractivity contribution is 5.93. The smallest absolute Gasteiger partial charge is 0.202 e. The van der Waals surface area contributed by atoms with Crippen LogP contribution in [0.15, 0.2) is 24.3 Å². The van der Waals surface area contributed by atoms with Gasteiger partial charge in [-0.25, -0.2) is 0 Å². The standard InChI is InChI=1S/C16H22N2O2/c1-14(19)7-8-15-5-3-6-16(13-15)20-12-11-18(2)10-4-9-17/h3,5-6,13H,4,9-12,17H2,1-2H3. The number of likely N-dealkylation sites (N-methyl/N-ethyl adjacent to an activating group) is 1. The number of carbonyl (C=O) groups excluding carboxylic acids is 1. The third kappa shape index (κ3) is 6.93. The molecular weight excluding hydrogens is 252 g/mol. The Kier molecular flexibility index (Phi) is 7.41. The zero-order valence-corrected chi connectivity index (χ0v) is 12.2. The van der Waals surface area contributed by atoms with Gasteiger partial charge in [0.05, 0.1) is 0 Å². The lowest BCUT2D eigenvalue weighted by molar-refractivity contribution is -0.111. The molecule has 0 aliphatic carbocycles. The number of nitrogens with zero attached hydrogens (tertiary/aromatic N) is 1. The van der Waals surface area contributed by atoms with Crippen molar-refractivity contribution >= 4 is 5.78 Å². The van der Waals surface area contributed by atoms with Gasteiger partial charge in [-0.3, -0.25) is 4.79 Å². The highest BCUT2D eigenvalue weighted by Crippen LogP contribution is 2.12. The van der Waals surface area contributed by atoms with E-state index in [2.05, 4.69) is 16.7 Å². The number of carbonyl (C=O) groups is 1. The maximum absolute atomic E-state index is 10.8. The summed E-state index contributed by atoms with van der Waals surface area (Å²) in [6, 6.07) is 7.46. The summed E-state index contributed by atoms with van der Waals surface area (Å²) in [5, 5.41) is 0. The molecule has 0 fully saturated rings. The van der Waals surface area contributed by atoms with Gasteiger partial charge in [0, 0.05) is 19.0 Å². The average molecular weight is 274 g/mol. The predicted molar refractivity (Wildman–Crippen MR) is 80.7 cm³/mol. The summed E-state index contributed by atoms with van der Waals surface area (Å²) < 4.78 is 5.68. The lowest BCUT2D eigenvalue weighted by atomic mass is 10.2. The van der Waals surface area contributed by atoms with E-state index in [1.807, 2.05) is 31.3 Å². The van der Waals surface area contributed by atoms with Crippen molar-refractivity contribution < 1.29 is 9.53 Å². The molecule has 4 heteroatoms. The number of rotatable bonds is 7. The van der Waals surface area contributed by atoms with Crippen LogP contribution in [-0.4, -0.2) is 44.0 Å². The maximum atomic E-state index is 10.8. The Bertz CT molecular complexity index is 489. The van der Waals surface area contributed by atoms with Crippen LogP contribution < -0.4 is 10.5 Å². The first-order valence-corrected chi connectivity index (χ1v) is 6.76. The van der Waals surface area contributed by atoms with Crippen LogP contribution in [0.4, 0.5) is 0 Å². The van der Waals surface area contributed by atoms with Crippen LogP contribution in [0.3, 0.4) is 0 Å². The van der Waals surface area contributed by atoms with Crippen LogP contribution in [0, 0.1) is 11.8 Å². The summed E-state index contributed by atoms with van der Waals surface area (Å²) in [6.45, 7) is 4.60. The molecule has 108 valence electrons. The molecule has 1 rings (SSSR count). The Labute approximate surface area is 120 Å². The van der Waals surface area contributed by atoms with Gasteiger partial charge in [-0.2, -0.15) is 0 Å². The van der Waals surface area contributed by atoms with Gasteiger partial charge in [0.15, 0.2) is 0 Å². The van der Waals surface area contributed by atoms with E-state index < -0.39 is 0 Å². The van der Waals surface area contributed by atoms with Crippen LogP contribution in [0.2, 0.25) is 0 Å². The summed E-state index contributed by atoms with van der Waals surface area (Å²) >= 11 is 0. The Morgan fingerprint density at radius 1 is 1.40 bits per heavy atom. The number of nitrogens with two attached hydrogens (primary N) is 1. The van der Waals surface area contributed by atoms with Crippen molar-refractivity contribution in [3.8, 4) is 17.6 Å². The molecule has 0 radical (unpaired) electrons. The average Bonchev–Trinajstić information content (AvgIpc) is 2.43. The molecule has 0 unspecified atom stereocenters. The molecule has 0 aliphatic heterocycles. The van der Waals surface area contributed by atoms with Crippen LogP contribution >= 0.6 is 0 Å². The zero-order chi connectivity index (χ0) is 14.8. The van der Waals surface area contributed by atoms with Gasteiger partial charge in [-0.15, -0.1) is 0 Å². The van der Waals surface area contributed by atoms with Gasteiger partial charge in [-0.1, -0.05) is 12.0 Å². The lowest BCUT2D eigenvalue weighted by Crippen LogP contribution is -2.26. The van der Waals surface area contributed by atoms with E-state index in [1.54, 1.807) is 0 Å². The molecule has 0 saturated carbocycles. The van der Waals surface area contributed by atoms with Crippen LogP contribution in [0.1, 0.15) is 18.9 Å². The number of hydrogen-bond donors (Lipinski definition) is 1. The Hall–Kier alpha value is -1.83. The molecule has 0 aliphatic rings. The molecule has 1 aromatic rings. The lowest BCUT2D eigenvalue weighted by Gasteiger charge is -2.16. The molecule has 1 aromatic carbocycles. The van der Waals surface area contributed by atoms with Gasteiger partial charge in [-0.05, 0) is 50.7 Å². The van der Waals surface area contributed by atoms with Gasteiger partial charge in [0.2, 0.25) is 5.78 Å². The number of ketones is 1. The summed E-state index contributed by atoms with van der Waals surface area (Å²) in [5.41, 5.74) is 6.25. The van der Waals surface area contributed by atoms with Gasteiger partial charge in [0.1, 0.15) is 12.4 Å². The molecular formula is C16H22N2O2. The SMILES string of the molecule is CC(=O)C#Cc1cccc(OCCN(C)CCCN)c1. The molecule has 0 aromatic heterocycles. The number of Topliss-reactive ketones (excluding diaryl/α,β-unsaturated/α-hetero) is 1. The van der Waals surface area contributed by atoms with Crippen molar-refractivity contribution in [3.63, 3.8) is 0 Å². The van der Waals surface area contributed by atoms with Crippen LogP contribution in [-0.2, 0) is 4.79 Å². The predicted octanol–water partition coefficient (Wildman–Crippen LogP) is 1.29. The van der Waals surface area contributed by atoms with E-state index >= 15 is 0 Å². The van der Waals surface area contributed by atoms with Crippen LogP contribution in [0.25, 0.3) is 0 Å². The van der Waals surface area contributed by atoms with E-state index in [1.165, 1.54) is 6.92 Å². The normalized spacial score (nSPS) is 10.0. The quantitative estimate of drug-likeness (QED) is 0.761. The second-order valence-electron chi connectivity index (χ2n) is 4.63. The number of benzene rings is 1. The highest BCUT2D eigenvalue weighted by Gasteiger charge is 1.99. The second kappa shape index (κ2) is 9.13. The van der Waals surface area contributed by atoms with Gasteiger partial charge >= 0.3 is 0 Å². The monoisotopic (exact) mass is 274 g/mol. The molecule has 0 saturated heterocycles. The number of hydrogen-bond acceptors (Lipinski definition) is 4. The van der Waals surface area contributed by atoms with Crippen molar-refractivity contribution in [2.45, 2.75) is 13.3 Å². The first-order chi connectivity index (χ1) is 9.61. The Balaban J connectivity index is 2.43. The second-order valence-corrected chi connectivity index (χ2v) is 4.63. The zero-order valence-electron chi connectivity index (χ0n) is 12.2. The fourth-order valence-corrected chi connectivity index (χ4v) is 1.62. The first kappa shape index (κ1) is 16.2. The third-order valence-electron chi connectivity index (χ3n) is 2.70. The number of ether oxygens (including phenoxy) is 1. The summed E-state index contributed by atoms with van der Waals surface area (Å²) in [5.74, 6) is 5.96. The molecule has 2 N–H and O–H groups in total. The molecule has 0 spiro atoms. The summed E-state index contributed by atoms with van der Waals surface area (Å²) in [4.78, 5) is 13.0. The fraction of sp³-hybridized carbons (Fsp3) is 0.438. The molecule has 4 nitrogen and oxygen atoms in total. The Morgan fingerprint density at radius 2 is 2.20 bits per heavy atom. The summed E-state index contributed by atoms with van der Waals surface area (Å²) in [6.07, 6.45) is 0.993. The first-order valence-electron chi connectivity index (χ1n) is 6.76. The van der Waals surface area contributed by atoms with E-state index in [9.17, 15) is 4.79 Å². The van der Waals surface area contributed by atoms with E-state index in [-0.39, 0.29) is 5.78 Å². The van der Waals surface area contributed by atoms with Crippen molar-refractivity contribution in [3.05, 3.63) is 29.8 Å². The fourth-order valence-electron chi connectivity index (χ4n) is 1.62. The van der Waals surface area contributed by atoms with Gasteiger partial charge in [0.25, 0.3) is 0 Å². The van der Waals surface area contributed by atoms with Crippen molar-refractivity contribution in [1.29, 1.82) is 0 Å². The molecule has 20 heavy (non-hydrogen) atoms. The van der Waals surface area contributed by atoms with Crippen molar-refractivity contribution in [2.75, 3.05) is 33.3 Å². The van der Waals surface area contributed by atoms with Crippen molar-refractivity contribution in [2.24, 2.45) is 5.73 Å². The van der Waals surface area contributed by atoms with E-state index in [4.69, 9.17) is 10.5 Å². The minimum absolute atomic E-state index is 0.141. The van der Waals surface area contributed by atoms with Gasteiger partial charge < -0.3 is 15.4 Å². The Morgan fingerprint density at radius 3 is 2.90 bits per heavy atom. The minimum atomic E-state index is -0.141. The van der Waals surface area contributed by atoms with Crippen LogP contribution in [0.5, 0.6) is 5.75 Å².